The van der Waals surface area contributed by atoms with Crippen molar-refractivity contribution >= 4 is 5.91 Å². The fourth-order valence-electron chi connectivity index (χ4n) is 2.18. The van der Waals surface area contributed by atoms with Gasteiger partial charge in [-0.05, 0) is 32.0 Å². The number of benzene rings is 1. The molecule has 0 spiro atoms. The molecular weight excluding hydrogens is 322 g/mol. The molecule has 2 aromatic rings. The predicted octanol–water partition coefficient (Wildman–Crippen LogP) is 3.05. The quantitative estimate of drug-likeness (QED) is 0.894. The molecule has 0 radical (unpaired) electrons. The number of rotatable bonds is 5. The van der Waals surface area contributed by atoms with E-state index in [1.165, 1.54) is 7.11 Å². The van der Waals surface area contributed by atoms with E-state index in [0.717, 1.165) is 0 Å². The second kappa shape index (κ2) is 6.74. The average Bonchev–Trinajstić information content (AvgIpc) is 3.05. The van der Waals surface area contributed by atoms with Crippen molar-refractivity contribution in [3.63, 3.8) is 0 Å². The molecule has 0 unspecified atom stereocenters. The number of carbonyl (C=O) groups excluding carboxylic acids is 1. The van der Waals surface area contributed by atoms with Gasteiger partial charge in [-0.25, -0.2) is 0 Å². The summed E-state index contributed by atoms with van der Waals surface area (Å²) in [6.07, 6.45) is 0. The van der Waals surface area contributed by atoms with Crippen LogP contribution in [-0.4, -0.2) is 30.3 Å². The van der Waals surface area contributed by atoms with Gasteiger partial charge >= 0.3 is 0 Å². The molecule has 1 amide bonds. The fourth-order valence-corrected chi connectivity index (χ4v) is 2.18. The first-order valence-corrected chi connectivity index (χ1v) is 7.97. The van der Waals surface area contributed by atoms with E-state index in [-0.39, 0.29) is 11.3 Å². The third kappa shape index (κ3) is 4.10. The number of nitrogens with zero attached hydrogens (tertiary/aromatic N) is 2. The summed E-state index contributed by atoms with van der Waals surface area (Å²) in [5.41, 5.74) is -0.714. The highest BCUT2D eigenvalue weighted by Crippen LogP contribution is 2.27. The minimum Gasteiger partial charge on any atom is -0.497 e. The third-order valence-electron chi connectivity index (χ3n) is 3.70. The van der Waals surface area contributed by atoms with Crippen LogP contribution in [0.15, 0.2) is 22.7 Å². The lowest BCUT2D eigenvalue weighted by molar-refractivity contribution is 0.0904. The number of amides is 1. The smallest absolute Gasteiger partial charge is 0.255 e. The lowest BCUT2D eigenvalue weighted by atomic mass is 9.96. The molecule has 7 nitrogen and oxygen atoms in total. The SMILES string of the molecule is COc1ccc(OC)c(C(=O)NC(C)(C)c2noc(C(C)(C)C)n2)c1. The fraction of sp³-hybridized carbons (Fsp3) is 0.500. The van der Waals surface area contributed by atoms with Crippen LogP contribution < -0.4 is 14.8 Å². The number of hydrogen-bond acceptors (Lipinski definition) is 6. The topological polar surface area (TPSA) is 86.5 Å². The standard InChI is InChI=1S/C18H25N3O4/c1-17(2,3)16-19-15(21-25-16)18(4,5)20-14(22)12-10-11(23-6)8-9-13(12)24-7/h8-10H,1-7H3,(H,20,22). The first-order valence-electron chi connectivity index (χ1n) is 7.97. The number of nitrogens with one attached hydrogen (secondary N) is 1. The molecule has 1 heterocycles. The molecule has 0 aliphatic carbocycles. The Morgan fingerprint density at radius 2 is 1.80 bits per heavy atom. The molecule has 0 fully saturated rings. The summed E-state index contributed by atoms with van der Waals surface area (Å²) in [5, 5.41) is 6.94. The summed E-state index contributed by atoms with van der Waals surface area (Å²) in [6, 6.07) is 5.05. The molecule has 0 bridgehead atoms. The van der Waals surface area contributed by atoms with E-state index in [1.54, 1.807) is 25.3 Å². The van der Waals surface area contributed by atoms with Gasteiger partial charge in [0.25, 0.3) is 5.91 Å². The normalized spacial score (nSPS) is 12.0. The second-order valence-corrected chi connectivity index (χ2v) is 7.32. The third-order valence-corrected chi connectivity index (χ3v) is 3.70. The van der Waals surface area contributed by atoms with E-state index >= 15 is 0 Å². The number of carbonyl (C=O) groups is 1. The molecule has 0 aliphatic heterocycles. The molecular formula is C18H25N3O4. The van der Waals surface area contributed by atoms with Crippen molar-refractivity contribution in [1.29, 1.82) is 0 Å². The van der Waals surface area contributed by atoms with Crippen LogP contribution in [0.4, 0.5) is 0 Å². The zero-order chi connectivity index (χ0) is 18.8. The van der Waals surface area contributed by atoms with E-state index in [4.69, 9.17) is 14.0 Å². The maximum absolute atomic E-state index is 12.8. The van der Waals surface area contributed by atoms with Gasteiger partial charge < -0.3 is 19.3 Å². The van der Waals surface area contributed by atoms with Gasteiger partial charge in [0.05, 0.1) is 25.3 Å². The Hall–Kier alpha value is -2.57. The van der Waals surface area contributed by atoms with Crippen molar-refractivity contribution in [3.8, 4) is 11.5 Å². The molecule has 0 aliphatic rings. The molecule has 1 aromatic heterocycles. The molecule has 1 aromatic carbocycles. The van der Waals surface area contributed by atoms with Crippen LogP contribution in [0.5, 0.6) is 11.5 Å². The van der Waals surface area contributed by atoms with Gasteiger partial charge in [-0.3, -0.25) is 4.79 Å². The summed E-state index contributed by atoms with van der Waals surface area (Å²) in [7, 11) is 3.05. The van der Waals surface area contributed by atoms with Gasteiger partial charge in [-0.15, -0.1) is 0 Å². The van der Waals surface area contributed by atoms with Crippen LogP contribution in [0.2, 0.25) is 0 Å². The van der Waals surface area contributed by atoms with E-state index in [2.05, 4.69) is 15.5 Å². The van der Waals surface area contributed by atoms with Crippen LogP contribution in [-0.2, 0) is 11.0 Å². The maximum Gasteiger partial charge on any atom is 0.255 e. The number of aromatic nitrogens is 2. The first-order chi connectivity index (χ1) is 11.6. The van der Waals surface area contributed by atoms with Crippen molar-refractivity contribution in [2.75, 3.05) is 14.2 Å². The monoisotopic (exact) mass is 347 g/mol. The largest absolute Gasteiger partial charge is 0.497 e. The minimum atomic E-state index is -0.821. The number of hydrogen-bond donors (Lipinski definition) is 1. The Morgan fingerprint density at radius 3 is 2.32 bits per heavy atom. The molecule has 2 rings (SSSR count). The molecule has 1 N–H and O–H groups in total. The summed E-state index contributed by atoms with van der Waals surface area (Å²) < 4.78 is 15.8. The Bertz CT molecular complexity index is 760. The lowest BCUT2D eigenvalue weighted by Crippen LogP contribution is -2.42. The molecule has 0 saturated heterocycles. The molecule has 0 atom stereocenters. The van der Waals surface area contributed by atoms with Crippen molar-refractivity contribution < 1.29 is 18.8 Å². The van der Waals surface area contributed by atoms with Crippen molar-refractivity contribution in [1.82, 2.24) is 15.5 Å². The van der Waals surface area contributed by atoms with Gasteiger partial charge in [0, 0.05) is 5.41 Å². The predicted molar refractivity (Wildman–Crippen MR) is 93.0 cm³/mol. The zero-order valence-corrected chi connectivity index (χ0v) is 15.8. The van der Waals surface area contributed by atoms with Crippen LogP contribution in [0.3, 0.4) is 0 Å². The van der Waals surface area contributed by atoms with Crippen LogP contribution in [0.1, 0.15) is 56.7 Å². The molecule has 25 heavy (non-hydrogen) atoms. The van der Waals surface area contributed by atoms with Crippen LogP contribution in [0, 0.1) is 0 Å². The van der Waals surface area contributed by atoms with Gasteiger partial charge in [0.15, 0.2) is 5.82 Å². The maximum atomic E-state index is 12.8. The van der Waals surface area contributed by atoms with Crippen molar-refractivity contribution in [3.05, 3.63) is 35.5 Å². The highest BCUT2D eigenvalue weighted by Gasteiger charge is 2.32. The van der Waals surface area contributed by atoms with Crippen LogP contribution >= 0.6 is 0 Å². The summed E-state index contributed by atoms with van der Waals surface area (Å²) in [4.78, 5) is 17.2. The average molecular weight is 347 g/mol. The highest BCUT2D eigenvalue weighted by molar-refractivity contribution is 5.97. The van der Waals surface area contributed by atoms with Gasteiger partial charge in [0.1, 0.15) is 11.5 Å². The Kier molecular flexibility index (Phi) is 5.06. The van der Waals surface area contributed by atoms with Gasteiger partial charge in [0.2, 0.25) is 5.89 Å². The molecule has 7 heteroatoms. The Labute approximate surface area is 147 Å². The summed E-state index contributed by atoms with van der Waals surface area (Å²) in [6.45, 7) is 9.58. The zero-order valence-electron chi connectivity index (χ0n) is 15.8. The highest BCUT2D eigenvalue weighted by atomic mass is 16.5. The Morgan fingerprint density at radius 1 is 1.12 bits per heavy atom. The first kappa shape index (κ1) is 18.8. The van der Waals surface area contributed by atoms with Gasteiger partial charge in [-0.1, -0.05) is 25.9 Å². The van der Waals surface area contributed by atoms with E-state index in [9.17, 15) is 4.79 Å². The number of ether oxygens (including phenoxy) is 2. The van der Waals surface area contributed by atoms with E-state index in [0.29, 0.717) is 28.8 Å². The van der Waals surface area contributed by atoms with Crippen LogP contribution in [0.25, 0.3) is 0 Å². The van der Waals surface area contributed by atoms with Crippen molar-refractivity contribution in [2.24, 2.45) is 0 Å². The summed E-state index contributed by atoms with van der Waals surface area (Å²) >= 11 is 0. The summed E-state index contributed by atoms with van der Waals surface area (Å²) in [5.74, 6) is 1.63. The van der Waals surface area contributed by atoms with Gasteiger partial charge in [-0.2, -0.15) is 4.98 Å². The second-order valence-electron chi connectivity index (χ2n) is 7.32. The van der Waals surface area contributed by atoms with E-state index in [1.807, 2.05) is 34.6 Å². The van der Waals surface area contributed by atoms with E-state index < -0.39 is 5.54 Å². The molecule has 0 saturated carbocycles. The molecule has 136 valence electrons. The van der Waals surface area contributed by atoms with Crippen molar-refractivity contribution in [2.45, 2.75) is 45.6 Å². The minimum absolute atomic E-state index is 0.263. The Balaban J connectivity index is 2.28. The lowest BCUT2D eigenvalue weighted by Gasteiger charge is -2.23. The number of methoxy groups -OCH3 is 2.